The molecule has 3 unspecified atom stereocenters. The Hall–Kier alpha value is -1.44. The van der Waals surface area contributed by atoms with E-state index in [0.717, 1.165) is 30.0 Å². The number of phenols is 1. The van der Waals surface area contributed by atoms with E-state index in [1.165, 1.54) is 12.8 Å². The van der Waals surface area contributed by atoms with Crippen molar-refractivity contribution in [2.45, 2.75) is 12.8 Å². The molecule has 0 heterocycles. The first-order valence-corrected chi connectivity index (χ1v) is 6.02. The van der Waals surface area contributed by atoms with E-state index in [-0.39, 0.29) is 0 Å². The van der Waals surface area contributed by atoms with E-state index in [1.54, 1.807) is 12.1 Å². The summed E-state index contributed by atoms with van der Waals surface area (Å²) in [4.78, 5) is 0. The topological polar surface area (TPSA) is 32.3 Å². The van der Waals surface area contributed by atoms with Crippen molar-refractivity contribution in [1.29, 1.82) is 0 Å². The maximum absolute atomic E-state index is 9.36. The summed E-state index contributed by atoms with van der Waals surface area (Å²) in [5, 5.41) is 12.8. The van der Waals surface area contributed by atoms with Gasteiger partial charge in [-0.15, -0.1) is 0 Å². The molecule has 0 spiro atoms. The van der Waals surface area contributed by atoms with Gasteiger partial charge in [-0.25, -0.2) is 0 Å². The quantitative estimate of drug-likeness (QED) is 0.760. The Bertz CT molecular complexity index is 413. The molecule has 0 amide bonds. The molecule has 1 saturated carbocycles. The summed E-state index contributed by atoms with van der Waals surface area (Å²) in [6.07, 6.45) is 7.43. The van der Waals surface area contributed by atoms with Gasteiger partial charge in [0.05, 0.1) is 0 Å². The highest BCUT2D eigenvalue weighted by Crippen LogP contribution is 2.43. The molecule has 0 aromatic heterocycles. The molecule has 1 aromatic carbocycles. The predicted octanol–water partition coefficient (Wildman–Crippen LogP) is 3.02. The van der Waals surface area contributed by atoms with Gasteiger partial charge in [0.15, 0.2) is 0 Å². The van der Waals surface area contributed by atoms with Crippen molar-refractivity contribution < 1.29 is 5.11 Å². The summed E-state index contributed by atoms with van der Waals surface area (Å²) in [7, 11) is 0. The van der Waals surface area contributed by atoms with Gasteiger partial charge in [-0.05, 0) is 42.7 Å². The highest BCUT2D eigenvalue weighted by Gasteiger charge is 2.35. The first-order valence-electron chi connectivity index (χ1n) is 6.02. The molecule has 2 N–H and O–H groups in total. The van der Waals surface area contributed by atoms with E-state index >= 15 is 0 Å². The van der Waals surface area contributed by atoms with Crippen LogP contribution in [0.15, 0.2) is 36.4 Å². The van der Waals surface area contributed by atoms with Gasteiger partial charge >= 0.3 is 0 Å². The lowest BCUT2D eigenvalue weighted by molar-refractivity contribution is 0.469. The molecule has 2 bridgehead atoms. The minimum absolute atomic E-state index is 0.331. The Balaban J connectivity index is 1.59. The van der Waals surface area contributed by atoms with Crippen LogP contribution in [0.4, 0.5) is 5.69 Å². The first-order chi connectivity index (χ1) is 7.81. The number of hydrogen-bond acceptors (Lipinski definition) is 2. The van der Waals surface area contributed by atoms with Crippen LogP contribution < -0.4 is 5.32 Å². The number of anilines is 1. The predicted molar refractivity (Wildman–Crippen MR) is 65.4 cm³/mol. The fourth-order valence-electron chi connectivity index (χ4n) is 2.99. The third-order valence-corrected chi connectivity index (χ3v) is 3.83. The average Bonchev–Trinajstić information content (AvgIpc) is 2.88. The Kier molecular flexibility index (Phi) is 2.35. The van der Waals surface area contributed by atoms with Crippen molar-refractivity contribution in [2.75, 3.05) is 11.9 Å². The Morgan fingerprint density at radius 1 is 1.25 bits per heavy atom. The van der Waals surface area contributed by atoms with E-state index in [2.05, 4.69) is 17.5 Å². The van der Waals surface area contributed by atoms with E-state index in [4.69, 9.17) is 0 Å². The number of rotatable bonds is 3. The van der Waals surface area contributed by atoms with E-state index in [0.29, 0.717) is 5.75 Å². The van der Waals surface area contributed by atoms with Crippen molar-refractivity contribution in [3.05, 3.63) is 36.4 Å². The molecule has 16 heavy (non-hydrogen) atoms. The summed E-state index contributed by atoms with van der Waals surface area (Å²) >= 11 is 0. The lowest BCUT2D eigenvalue weighted by Crippen LogP contribution is -2.18. The van der Waals surface area contributed by atoms with Gasteiger partial charge in [0, 0.05) is 18.3 Å². The van der Waals surface area contributed by atoms with Crippen molar-refractivity contribution in [3.8, 4) is 5.75 Å². The van der Waals surface area contributed by atoms with Crippen LogP contribution in [0.3, 0.4) is 0 Å². The van der Waals surface area contributed by atoms with Gasteiger partial charge < -0.3 is 10.4 Å². The van der Waals surface area contributed by atoms with Gasteiger partial charge in [0.1, 0.15) is 5.75 Å². The van der Waals surface area contributed by atoms with Crippen LogP contribution in [0.25, 0.3) is 0 Å². The number of aromatic hydroxyl groups is 1. The average molecular weight is 215 g/mol. The van der Waals surface area contributed by atoms with E-state index in [1.807, 2.05) is 12.1 Å². The smallest absolute Gasteiger partial charge is 0.117 e. The van der Waals surface area contributed by atoms with Crippen LogP contribution in [-0.4, -0.2) is 11.7 Å². The molecule has 2 heteroatoms. The third kappa shape index (κ3) is 1.80. The zero-order valence-corrected chi connectivity index (χ0v) is 9.26. The highest BCUT2D eigenvalue weighted by atomic mass is 16.3. The van der Waals surface area contributed by atoms with Gasteiger partial charge in [-0.1, -0.05) is 18.2 Å². The summed E-state index contributed by atoms with van der Waals surface area (Å²) in [5.74, 6) is 2.73. The Morgan fingerprint density at radius 3 is 2.88 bits per heavy atom. The monoisotopic (exact) mass is 215 g/mol. The minimum atomic E-state index is 0.331. The zero-order chi connectivity index (χ0) is 11.0. The number of phenolic OH excluding ortho intramolecular Hbond substituents is 1. The van der Waals surface area contributed by atoms with Crippen LogP contribution in [0.1, 0.15) is 12.8 Å². The van der Waals surface area contributed by atoms with Crippen molar-refractivity contribution in [1.82, 2.24) is 0 Å². The maximum Gasteiger partial charge on any atom is 0.117 e. The molecule has 1 fully saturated rings. The number of fused-ring (bicyclic) bond motifs is 2. The molecular weight excluding hydrogens is 198 g/mol. The van der Waals surface area contributed by atoms with Crippen molar-refractivity contribution in [3.63, 3.8) is 0 Å². The van der Waals surface area contributed by atoms with Crippen LogP contribution in [0.5, 0.6) is 5.75 Å². The molecule has 3 rings (SSSR count). The van der Waals surface area contributed by atoms with Crippen LogP contribution in [0.2, 0.25) is 0 Å². The van der Waals surface area contributed by atoms with Gasteiger partial charge in [-0.2, -0.15) is 0 Å². The second kappa shape index (κ2) is 3.85. The number of allylic oxidation sites excluding steroid dienone is 2. The standard InChI is InChI=1S/C14H17NO/c16-14-3-1-2-13(8-14)15-9-12-7-10-4-5-11(12)6-10/h1-5,8,10-12,15-16H,6-7,9H2. The van der Waals surface area contributed by atoms with Gasteiger partial charge in [0.25, 0.3) is 0 Å². The number of benzene rings is 1. The Morgan fingerprint density at radius 2 is 2.19 bits per heavy atom. The van der Waals surface area contributed by atoms with Crippen LogP contribution >= 0.6 is 0 Å². The summed E-state index contributed by atoms with van der Waals surface area (Å²) in [5.41, 5.74) is 1.02. The molecule has 2 aliphatic rings. The van der Waals surface area contributed by atoms with E-state index in [9.17, 15) is 5.11 Å². The summed E-state index contributed by atoms with van der Waals surface area (Å²) in [6, 6.07) is 7.36. The molecular formula is C14H17NO. The fourth-order valence-corrected chi connectivity index (χ4v) is 2.99. The van der Waals surface area contributed by atoms with Crippen molar-refractivity contribution in [2.24, 2.45) is 17.8 Å². The molecule has 2 nitrogen and oxygen atoms in total. The molecule has 0 aliphatic heterocycles. The minimum Gasteiger partial charge on any atom is -0.508 e. The lowest BCUT2D eigenvalue weighted by atomic mass is 9.93. The number of nitrogens with one attached hydrogen (secondary N) is 1. The maximum atomic E-state index is 9.36. The van der Waals surface area contributed by atoms with Crippen LogP contribution in [0, 0.1) is 17.8 Å². The fraction of sp³-hybridized carbons (Fsp3) is 0.429. The SMILES string of the molecule is Oc1cccc(NCC2CC3C=CC2C3)c1. The largest absolute Gasteiger partial charge is 0.508 e. The molecule has 0 saturated heterocycles. The molecule has 84 valence electrons. The summed E-state index contributed by atoms with van der Waals surface area (Å²) in [6.45, 7) is 1.02. The number of hydrogen-bond donors (Lipinski definition) is 2. The second-order valence-corrected chi connectivity index (χ2v) is 4.97. The Labute approximate surface area is 96.0 Å². The highest BCUT2D eigenvalue weighted by molar-refractivity contribution is 5.47. The van der Waals surface area contributed by atoms with Gasteiger partial charge in [0.2, 0.25) is 0 Å². The van der Waals surface area contributed by atoms with E-state index < -0.39 is 0 Å². The normalized spacial score (nSPS) is 30.9. The molecule has 2 aliphatic carbocycles. The molecule has 3 atom stereocenters. The molecule has 1 aromatic rings. The first kappa shape index (κ1) is 9.76. The van der Waals surface area contributed by atoms with Gasteiger partial charge in [-0.3, -0.25) is 0 Å². The lowest BCUT2D eigenvalue weighted by Gasteiger charge is -2.19. The van der Waals surface area contributed by atoms with Crippen LogP contribution in [-0.2, 0) is 0 Å². The molecule has 0 radical (unpaired) electrons. The third-order valence-electron chi connectivity index (χ3n) is 3.83. The second-order valence-electron chi connectivity index (χ2n) is 4.97. The zero-order valence-electron chi connectivity index (χ0n) is 9.26. The van der Waals surface area contributed by atoms with Crippen molar-refractivity contribution >= 4 is 5.69 Å². The summed E-state index contributed by atoms with van der Waals surface area (Å²) < 4.78 is 0.